The van der Waals surface area contributed by atoms with Crippen molar-refractivity contribution in [3.63, 3.8) is 0 Å². The molecule has 1 aromatic heterocycles. The van der Waals surface area contributed by atoms with Crippen LogP contribution in [0.25, 0.3) is 0 Å². The molecule has 0 radical (unpaired) electrons. The molecule has 1 fully saturated rings. The minimum Gasteiger partial charge on any atom is -0.488 e. The number of carbonyl (C=O) groups is 2. The van der Waals surface area contributed by atoms with Gasteiger partial charge < -0.3 is 15.2 Å². The van der Waals surface area contributed by atoms with E-state index in [1.807, 2.05) is 0 Å². The SMILES string of the molecule is CCn1[nH]cc(C(=O)c2ccc(Cl)c(OC[C@@H]3CCC(=O)N3)c2Cl)c1=O. The van der Waals surface area contributed by atoms with Crippen LogP contribution in [-0.4, -0.2) is 34.1 Å². The van der Waals surface area contributed by atoms with E-state index in [9.17, 15) is 14.4 Å². The first-order chi connectivity index (χ1) is 12.4. The van der Waals surface area contributed by atoms with E-state index in [2.05, 4.69) is 10.4 Å². The molecule has 0 aliphatic carbocycles. The molecule has 0 unspecified atom stereocenters. The number of nitrogens with one attached hydrogen (secondary N) is 2. The van der Waals surface area contributed by atoms with Crippen molar-refractivity contribution in [1.29, 1.82) is 0 Å². The fourth-order valence-electron chi connectivity index (χ4n) is 2.78. The highest BCUT2D eigenvalue weighted by molar-refractivity contribution is 6.39. The molecule has 7 nitrogen and oxygen atoms in total. The molecule has 1 aliphatic heterocycles. The first-order valence-electron chi connectivity index (χ1n) is 8.15. The Balaban J connectivity index is 1.86. The lowest BCUT2D eigenvalue weighted by Gasteiger charge is -2.15. The molecule has 2 heterocycles. The molecular formula is C17H17Cl2N3O4. The van der Waals surface area contributed by atoms with Crippen molar-refractivity contribution < 1.29 is 14.3 Å². The third-order valence-electron chi connectivity index (χ3n) is 4.21. The second-order valence-electron chi connectivity index (χ2n) is 5.92. The second kappa shape index (κ2) is 7.55. The first-order valence-corrected chi connectivity index (χ1v) is 8.91. The quantitative estimate of drug-likeness (QED) is 0.731. The topological polar surface area (TPSA) is 93.2 Å². The van der Waals surface area contributed by atoms with Crippen molar-refractivity contribution in [3.05, 3.63) is 49.9 Å². The number of aromatic nitrogens is 2. The number of ketones is 1. The number of rotatable bonds is 6. The Labute approximate surface area is 159 Å². The van der Waals surface area contributed by atoms with Gasteiger partial charge in [-0.25, -0.2) is 0 Å². The van der Waals surface area contributed by atoms with Gasteiger partial charge in [-0.1, -0.05) is 23.2 Å². The van der Waals surface area contributed by atoms with E-state index in [4.69, 9.17) is 27.9 Å². The van der Waals surface area contributed by atoms with Gasteiger partial charge in [0.05, 0.1) is 16.1 Å². The summed E-state index contributed by atoms with van der Waals surface area (Å²) < 4.78 is 6.98. The van der Waals surface area contributed by atoms with Gasteiger partial charge >= 0.3 is 0 Å². The lowest BCUT2D eigenvalue weighted by atomic mass is 10.1. The van der Waals surface area contributed by atoms with Crippen molar-refractivity contribution >= 4 is 34.9 Å². The summed E-state index contributed by atoms with van der Waals surface area (Å²) in [6, 6.07) is 2.82. The predicted molar refractivity (Wildman–Crippen MR) is 97.3 cm³/mol. The molecule has 1 aliphatic rings. The van der Waals surface area contributed by atoms with Gasteiger partial charge in [-0.15, -0.1) is 0 Å². The number of hydrogen-bond acceptors (Lipinski definition) is 4. The van der Waals surface area contributed by atoms with Crippen LogP contribution in [0.5, 0.6) is 5.75 Å². The number of aryl methyl sites for hydroxylation is 1. The third-order valence-corrected chi connectivity index (χ3v) is 4.88. The molecule has 0 spiro atoms. The van der Waals surface area contributed by atoms with Crippen LogP contribution in [0.3, 0.4) is 0 Å². The Bertz CT molecular complexity index is 919. The van der Waals surface area contributed by atoms with Crippen LogP contribution >= 0.6 is 23.2 Å². The summed E-state index contributed by atoms with van der Waals surface area (Å²) in [4.78, 5) is 36.1. The largest absolute Gasteiger partial charge is 0.488 e. The standard InChI is InChI=1S/C17H17Cl2N3O4/c1-2-22-17(25)11(7-20-22)15(24)10-4-5-12(18)16(14(10)19)26-8-9-3-6-13(23)21-9/h4-5,7,9,20H,2-3,6,8H2,1H3,(H,21,23)/t9-/m0/s1. The van der Waals surface area contributed by atoms with Gasteiger partial charge in [0, 0.05) is 24.7 Å². The molecule has 2 aromatic rings. The highest BCUT2D eigenvalue weighted by Crippen LogP contribution is 2.36. The van der Waals surface area contributed by atoms with Crippen LogP contribution in [0, 0.1) is 0 Å². The van der Waals surface area contributed by atoms with Crippen LogP contribution in [0.1, 0.15) is 35.7 Å². The maximum atomic E-state index is 12.7. The molecule has 0 saturated carbocycles. The van der Waals surface area contributed by atoms with Gasteiger partial charge in [-0.05, 0) is 25.5 Å². The van der Waals surface area contributed by atoms with Gasteiger partial charge in [0.25, 0.3) is 5.56 Å². The molecular weight excluding hydrogens is 381 g/mol. The Morgan fingerprint density at radius 2 is 2.08 bits per heavy atom. The number of H-pyrrole nitrogens is 1. The van der Waals surface area contributed by atoms with Crippen molar-refractivity contribution in [2.24, 2.45) is 0 Å². The Kier molecular flexibility index (Phi) is 5.38. The Morgan fingerprint density at radius 1 is 1.31 bits per heavy atom. The monoisotopic (exact) mass is 397 g/mol. The Hall–Kier alpha value is -2.25. The smallest absolute Gasteiger partial charge is 0.277 e. The summed E-state index contributed by atoms with van der Waals surface area (Å²) in [5.41, 5.74) is -0.300. The minimum absolute atomic E-state index is 0.00919. The molecule has 138 valence electrons. The van der Waals surface area contributed by atoms with Gasteiger partial charge in [0.15, 0.2) is 5.75 Å². The van der Waals surface area contributed by atoms with E-state index in [-0.39, 0.29) is 45.5 Å². The summed E-state index contributed by atoms with van der Waals surface area (Å²) >= 11 is 12.5. The van der Waals surface area contributed by atoms with Crippen molar-refractivity contribution in [3.8, 4) is 5.75 Å². The van der Waals surface area contributed by atoms with E-state index in [1.54, 1.807) is 6.92 Å². The van der Waals surface area contributed by atoms with Gasteiger partial charge in [0.2, 0.25) is 11.7 Å². The fourth-order valence-corrected chi connectivity index (χ4v) is 3.34. The molecule has 2 N–H and O–H groups in total. The molecule has 0 bridgehead atoms. The summed E-state index contributed by atoms with van der Waals surface area (Å²) in [5, 5.41) is 5.79. The van der Waals surface area contributed by atoms with E-state index in [0.717, 1.165) is 0 Å². The second-order valence-corrected chi connectivity index (χ2v) is 6.70. The zero-order chi connectivity index (χ0) is 18.8. The van der Waals surface area contributed by atoms with Gasteiger partial charge in [-0.2, -0.15) is 0 Å². The molecule has 1 aromatic carbocycles. The first kappa shape index (κ1) is 18.5. The van der Waals surface area contributed by atoms with Gasteiger partial charge in [-0.3, -0.25) is 19.1 Å². The van der Waals surface area contributed by atoms with Crippen LogP contribution < -0.4 is 15.6 Å². The molecule has 1 amide bonds. The number of carbonyl (C=O) groups excluding carboxylic acids is 2. The lowest BCUT2D eigenvalue weighted by molar-refractivity contribution is -0.119. The fraction of sp³-hybridized carbons (Fsp3) is 0.353. The summed E-state index contributed by atoms with van der Waals surface area (Å²) in [5.74, 6) is -0.384. The summed E-state index contributed by atoms with van der Waals surface area (Å²) in [6.07, 6.45) is 2.46. The maximum absolute atomic E-state index is 12.7. The average molecular weight is 398 g/mol. The van der Waals surface area contributed by atoms with E-state index in [0.29, 0.717) is 19.4 Å². The number of aromatic amines is 1. The number of hydrogen-bond donors (Lipinski definition) is 2. The highest BCUT2D eigenvalue weighted by Gasteiger charge is 2.25. The van der Waals surface area contributed by atoms with Gasteiger partial charge in [0.1, 0.15) is 12.2 Å². The number of halogens is 2. The van der Waals surface area contributed by atoms with Crippen molar-refractivity contribution in [2.45, 2.75) is 32.4 Å². The molecule has 3 rings (SSSR count). The minimum atomic E-state index is -0.515. The van der Waals surface area contributed by atoms with Crippen LogP contribution in [-0.2, 0) is 11.3 Å². The van der Waals surface area contributed by atoms with E-state index in [1.165, 1.54) is 23.0 Å². The number of nitrogens with zero attached hydrogens (tertiary/aromatic N) is 1. The molecule has 26 heavy (non-hydrogen) atoms. The van der Waals surface area contributed by atoms with Crippen LogP contribution in [0.15, 0.2) is 23.1 Å². The number of ether oxygens (including phenoxy) is 1. The zero-order valence-corrected chi connectivity index (χ0v) is 15.5. The predicted octanol–water partition coefficient (Wildman–Crippen LogP) is 2.39. The highest BCUT2D eigenvalue weighted by atomic mass is 35.5. The zero-order valence-electron chi connectivity index (χ0n) is 14.0. The molecule has 9 heteroatoms. The number of amides is 1. The normalized spacial score (nSPS) is 16.6. The third kappa shape index (κ3) is 3.50. The van der Waals surface area contributed by atoms with E-state index >= 15 is 0 Å². The van der Waals surface area contributed by atoms with Crippen LogP contribution in [0.4, 0.5) is 0 Å². The molecule has 1 atom stereocenters. The van der Waals surface area contributed by atoms with Crippen LogP contribution in [0.2, 0.25) is 10.0 Å². The lowest BCUT2D eigenvalue weighted by Crippen LogP contribution is -2.31. The number of benzene rings is 1. The van der Waals surface area contributed by atoms with Crippen molar-refractivity contribution in [1.82, 2.24) is 15.1 Å². The molecule has 1 saturated heterocycles. The summed E-state index contributed by atoms with van der Waals surface area (Å²) in [7, 11) is 0. The van der Waals surface area contributed by atoms with E-state index < -0.39 is 11.3 Å². The maximum Gasteiger partial charge on any atom is 0.277 e. The van der Waals surface area contributed by atoms with Crippen molar-refractivity contribution in [2.75, 3.05) is 6.61 Å². The Morgan fingerprint density at radius 3 is 2.69 bits per heavy atom. The summed E-state index contributed by atoms with van der Waals surface area (Å²) in [6.45, 7) is 2.40. The average Bonchev–Trinajstić information content (AvgIpc) is 3.19.